The summed E-state index contributed by atoms with van der Waals surface area (Å²) in [6.07, 6.45) is 0. The molecule has 1 N–H and O–H groups in total. The van der Waals surface area contributed by atoms with Gasteiger partial charge in [-0.05, 0) is 18.4 Å². The predicted molar refractivity (Wildman–Crippen MR) is 51.1 cm³/mol. The molecule has 0 fully saturated rings. The summed E-state index contributed by atoms with van der Waals surface area (Å²) in [5.41, 5.74) is -0.889. The van der Waals surface area contributed by atoms with E-state index in [9.17, 15) is 4.79 Å². The number of carbonyl (C=O) groups is 1. The Hall–Kier alpha value is -1.34. The molecule has 1 unspecified atom stereocenters. The van der Waals surface area contributed by atoms with Crippen LogP contribution in [0.1, 0.15) is 18.7 Å². The van der Waals surface area contributed by atoms with Crippen LogP contribution >= 0.6 is 11.3 Å². The second kappa shape index (κ2) is 3.58. The van der Waals surface area contributed by atoms with E-state index in [0.29, 0.717) is 0 Å². The van der Waals surface area contributed by atoms with Crippen LogP contribution < -0.4 is 5.32 Å². The molecule has 4 heteroatoms. The van der Waals surface area contributed by atoms with Crippen molar-refractivity contribution in [1.29, 1.82) is 5.26 Å². The van der Waals surface area contributed by atoms with Gasteiger partial charge in [0.15, 0.2) is 5.54 Å². The fourth-order valence-electron chi connectivity index (χ4n) is 1.06. The molecule has 3 nitrogen and oxygen atoms in total. The molecule has 0 aromatic carbocycles. The molecule has 1 rings (SSSR count). The number of hydrogen-bond donors (Lipinski definition) is 1. The standard InChI is InChI=1S/C9H10N2OS/c1-7(12)11-9(2,6-10)8-4-3-5-13-8/h3-5H,1-2H3,(H,11,12). The van der Waals surface area contributed by atoms with Gasteiger partial charge < -0.3 is 5.32 Å². The van der Waals surface area contributed by atoms with Crippen molar-refractivity contribution in [3.63, 3.8) is 0 Å². The molecule has 0 spiro atoms. The average molecular weight is 194 g/mol. The summed E-state index contributed by atoms with van der Waals surface area (Å²) < 4.78 is 0. The quantitative estimate of drug-likeness (QED) is 0.777. The highest BCUT2D eigenvalue weighted by molar-refractivity contribution is 7.10. The van der Waals surface area contributed by atoms with Gasteiger partial charge in [0.1, 0.15) is 0 Å². The number of hydrogen-bond acceptors (Lipinski definition) is 3. The molecular formula is C9H10N2OS. The highest BCUT2D eigenvalue weighted by Gasteiger charge is 2.27. The lowest BCUT2D eigenvalue weighted by Crippen LogP contribution is -2.40. The van der Waals surface area contributed by atoms with Crippen LogP contribution in [0.3, 0.4) is 0 Å². The van der Waals surface area contributed by atoms with Gasteiger partial charge >= 0.3 is 0 Å². The summed E-state index contributed by atoms with van der Waals surface area (Å²) >= 11 is 1.46. The lowest BCUT2D eigenvalue weighted by atomic mass is 10.0. The third-order valence-corrected chi connectivity index (χ3v) is 2.76. The Labute approximate surface area is 81.0 Å². The summed E-state index contributed by atoms with van der Waals surface area (Å²) in [5.74, 6) is -0.197. The molecule has 0 aliphatic carbocycles. The molecule has 1 heterocycles. The fourth-order valence-corrected chi connectivity index (χ4v) is 1.85. The van der Waals surface area contributed by atoms with Crippen LogP contribution in [-0.2, 0) is 10.3 Å². The zero-order chi connectivity index (χ0) is 9.90. The van der Waals surface area contributed by atoms with Gasteiger partial charge in [-0.2, -0.15) is 5.26 Å². The maximum atomic E-state index is 10.9. The van der Waals surface area contributed by atoms with Gasteiger partial charge in [-0.15, -0.1) is 11.3 Å². The summed E-state index contributed by atoms with van der Waals surface area (Å²) in [5, 5.41) is 13.4. The monoisotopic (exact) mass is 194 g/mol. The SMILES string of the molecule is CC(=O)NC(C)(C#N)c1cccs1. The largest absolute Gasteiger partial charge is 0.334 e. The van der Waals surface area contributed by atoms with E-state index in [1.165, 1.54) is 18.3 Å². The molecule has 1 aromatic rings. The van der Waals surface area contributed by atoms with E-state index in [2.05, 4.69) is 11.4 Å². The molecule has 0 saturated heterocycles. The molecule has 1 amide bonds. The molecule has 0 bridgehead atoms. The van der Waals surface area contributed by atoms with E-state index in [-0.39, 0.29) is 5.91 Å². The second-order valence-electron chi connectivity index (χ2n) is 2.90. The lowest BCUT2D eigenvalue weighted by Gasteiger charge is -2.20. The summed E-state index contributed by atoms with van der Waals surface area (Å²) in [6, 6.07) is 5.79. The molecule has 0 aliphatic heterocycles. The number of nitrogens with zero attached hydrogens (tertiary/aromatic N) is 1. The number of carbonyl (C=O) groups excluding carboxylic acids is 1. The van der Waals surface area contributed by atoms with Crippen LogP contribution in [0.2, 0.25) is 0 Å². The molecule has 1 atom stereocenters. The molecule has 13 heavy (non-hydrogen) atoms. The molecule has 1 aromatic heterocycles. The second-order valence-corrected chi connectivity index (χ2v) is 3.84. The first-order valence-corrected chi connectivity index (χ1v) is 4.70. The van der Waals surface area contributed by atoms with Crippen LogP contribution in [0.5, 0.6) is 0 Å². The van der Waals surface area contributed by atoms with Crippen molar-refractivity contribution >= 4 is 17.2 Å². The van der Waals surface area contributed by atoms with Crippen molar-refractivity contribution < 1.29 is 4.79 Å². The molecule has 0 radical (unpaired) electrons. The Kier molecular flexibility index (Phi) is 2.69. The van der Waals surface area contributed by atoms with E-state index in [1.54, 1.807) is 6.92 Å². The van der Waals surface area contributed by atoms with E-state index in [4.69, 9.17) is 5.26 Å². The summed E-state index contributed by atoms with van der Waals surface area (Å²) in [7, 11) is 0. The van der Waals surface area contributed by atoms with Crippen LogP contribution in [0.25, 0.3) is 0 Å². The van der Waals surface area contributed by atoms with Crippen molar-refractivity contribution in [2.45, 2.75) is 19.4 Å². The van der Waals surface area contributed by atoms with Gasteiger partial charge in [0.2, 0.25) is 5.91 Å². The van der Waals surface area contributed by atoms with Crippen molar-refractivity contribution in [3.8, 4) is 6.07 Å². The van der Waals surface area contributed by atoms with Gasteiger partial charge in [-0.3, -0.25) is 4.79 Å². The van der Waals surface area contributed by atoms with Gasteiger partial charge in [-0.1, -0.05) is 6.07 Å². The number of rotatable bonds is 2. The van der Waals surface area contributed by atoms with E-state index in [1.807, 2.05) is 17.5 Å². The third-order valence-electron chi connectivity index (χ3n) is 1.66. The first-order chi connectivity index (χ1) is 6.08. The summed E-state index contributed by atoms with van der Waals surface area (Å²) in [6.45, 7) is 3.10. The van der Waals surface area contributed by atoms with Crippen LogP contribution in [0, 0.1) is 11.3 Å². The Morgan fingerprint density at radius 2 is 2.46 bits per heavy atom. The number of amides is 1. The lowest BCUT2D eigenvalue weighted by molar-refractivity contribution is -0.120. The van der Waals surface area contributed by atoms with Crippen LogP contribution in [-0.4, -0.2) is 5.91 Å². The van der Waals surface area contributed by atoms with Gasteiger partial charge in [0, 0.05) is 11.8 Å². The van der Waals surface area contributed by atoms with Crippen molar-refractivity contribution in [1.82, 2.24) is 5.32 Å². The highest BCUT2D eigenvalue weighted by Crippen LogP contribution is 2.24. The smallest absolute Gasteiger partial charge is 0.218 e. The fraction of sp³-hybridized carbons (Fsp3) is 0.333. The maximum Gasteiger partial charge on any atom is 0.218 e. The molecular weight excluding hydrogens is 184 g/mol. The van der Waals surface area contributed by atoms with Gasteiger partial charge in [-0.25, -0.2) is 0 Å². The van der Waals surface area contributed by atoms with Crippen LogP contribution in [0.15, 0.2) is 17.5 Å². The molecule has 68 valence electrons. The average Bonchev–Trinajstić information content (AvgIpc) is 2.55. The minimum Gasteiger partial charge on any atom is -0.334 e. The Morgan fingerprint density at radius 3 is 2.85 bits per heavy atom. The van der Waals surface area contributed by atoms with E-state index in [0.717, 1.165) is 4.88 Å². The zero-order valence-corrected chi connectivity index (χ0v) is 8.31. The maximum absolute atomic E-state index is 10.9. The molecule has 0 aliphatic rings. The van der Waals surface area contributed by atoms with Gasteiger partial charge in [0.05, 0.1) is 6.07 Å². The first kappa shape index (κ1) is 9.75. The molecule has 0 saturated carbocycles. The highest BCUT2D eigenvalue weighted by atomic mass is 32.1. The Balaban J connectivity index is 2.96. The normalized spacial score (nSPS) is 14.2. The zero-order valence-electron chi connectivity index (χ0n) is 7.50. The number of thiophene rings is 1. The topological polar surface area (TPSA) is 52.9 Å². The number of nitriles is 1. The van der Waals surface area contributed by atoms with Crippen molar-refractivity contribution in [3.05, 3.63) is 22.4 Å². The first-order valence-electron chi connectivity index (χ1n) is 3.82. The predicted octanol–water partition coefficient (Wildman–Crippen LogP) is 1.62. The van der Waals surface area contributed by atoms with Crippen LogP contribution in [0.4, 0.5) is 0 Å². The van der Waals surface area contributed by atoms with Crippen molar-refractivity contribution in [2.75, 3.05) is 0 Å². The van der Waals surface area contributed by atoms with Gasteiger partial charge in [0.25, 0.3) is 0 Å². The van der Waals surface area contributed by atoms with Crippen molar-refractivity contribution in [2.24, 2.45) is 0 Å². The van der Waals surface area contributed by atoms with E-state index >= 15 is 0 Å². The minimum atomic E-state index is -0.889. The Bertz CT molecular complexity index is 339. The van der Waals surface area contributed by atoms with E-state index < -0.39 is 5.54 Å². The summed E-state index contributed by atoms with van der Waals surface area (Å²) in [4.78, 5) is 11.7. The Morgan fingerprint density at radius 1 is 1.77 bits per heavy atom. The third kappa shape index (κ3) is 2.07. The number of nitrogens with one attached hydrogen (secondary N) is 1. The minimum absolute atomic E-state index is 0.197.